The van der Waals surface area contributed by atoms with Gasteiger partial charge in [0.1, 0.15) is 17.5 Å². The average Bonchev–Trinajstić information content (AvgIpc) is 2.75. The zero-order valence-corrected chi connectivity index (χ0v) is 19.6. The minimum atomic E-state index is -3.70. The molecule has 8 heteroatoms. The monoisotopic (exact) mass is 448 g/mol. The SMILES string of the molecule is CCOc1ccc(N([C@H](CC)C(=O)N[C@H](CC)c2ccc(OC)cc2)S(C)(=O)=O)cc1. The van der Waals surface area contributed by atoms with E-state index >= 15 is 0 Å². The topological polar surface area (TPSA) is 84.9 Å². The number of ether oxygens (including phenoxy) is 2. The lowest BCUT2D eigenvalue weighted by atomic mass is 10.0. The van der Waals surface area contributed by atoms with Gasteiger partial charge in [0.25, 0.3) is 0 Å². The van der Waals surface area contributed by atoms with E-state index in [0.717, 1.165) is 17.6 Å². The van der Waals surface area contributed by atoms with Gasteiger partial charge in [-0.1, -0.05) is 26.0 Å². The summed E-state index contributed by atoms with van der Waals surface area (Å²) in [5.41, 5.74) is 1.35. The Hall–Kier alpha value is -2.74. The number of nitrogens with zero attached hydrogens (tertiary/aromatic N) is 1. The third-order valence-electron chi connectivity index (χ3n) is 4.97. The van der Waals surface area contributed by atoms with Gasteiger partial charge in [-0.2, -0.15) is 0 Å². The van der Waals surface area contributed by atoms with Crippen LogP contribution < -0.4 is 19.1 Å². The van der Waals surface area contributed by atoms with Gasteiger partial charge in [-0.15, -0.1) is 0 Å². The first-order valence-corrected chi connectivity index (χ1v) is 12.3. The van der Waals surface area contributed by atoms with Gasteiger partial charge >= 0.3 is 0 Å². The predicted molar refractivity (Wildman–Crippen MR) is 123 cm³/mol. The van der Waals surface area contributed by atoms with E-state index in [4.69, 9.17) is 9.47 Å². The molecule has 0 saturated heterocycles. The van der Waals surface area contributed by atoms with Gasteiger partial charge in [-0.25, -0.2) is 8.42 Å². The van der Waals surface area contributed by atoms with Crippen molar-refractivity contribution >= 4 is 21.6 Å². The number of rotatable bonds is 11. The summed E-state index contributed by atoms with van der Waals surface area (Å²) in [6, 6.07) is 13.1. The van der Waals surface area contributed by atoms with E-state index in [2.05, 4.69) is 5.32 Å². The Morgan fingerprint density at radius 1 is 0.968 bits per heavy atom. The van der Waals surface area contributed by atoms with E-state index in [1.54, 1.807) is 38.3 Å². The molecule has 2 aromatic rings. The molecule has 0 bridgehead atoms. The highest BCUT2D eigenvalue weighted by Crippen LogP contribution is 2.26. The molecule has 0 radical (unpaired) electrons. The summed E-state index contributed by atoms with van der Waals surface area (Å²) in [7, 11) is -2.10. The van der Waals surface area contributed by atoms with Gasteiger partial charge in [-0.3, -0.25) is 9.10 Å². The molecular formula is C23H32N2O5S. The van der Waals surface area contributed by atoms with E-state index in [0.29, 0.717) is 30.9 Å². The van der Waals surface area contributed by atoms with Crippen LogP contribution in [0.1, 0.15) is 45.2 Å². The number of hydrogen-bond donors (Lipinski definition) is 1. The zero-order valence-electron chi connectivity index (χ0n) is 18.8. The second-order valence-electron chi connectivity index (χ2n) is 7.15. The second-order valence-corrected chi connectivity index (χ2v) is 9.01. The summed E-state index contributed by atoms with van der Waals surface area (Å²) in [5, 5.41) is 3.01. The summed E-state index contributed by atoms with van der Waals surface area (Å²) in [5.74, 6) is 1.03. The molecule has 0 aromatic heterocycles. The van der Waals surface area contributed by atoms with Crippen molar-refractivity contribution in [2.24, 2.45) is 0 Å². The van der Waals surface area contributed by atoms with E-state index < -0.39 is 16.1 Å². The molecule has 0 spiro atoms. The molecule has 0 aliphatic carbocycles. The summed E-state index contributed by atoms with van der Waals surface area (Å²) in [6.45, 7) is 6.16. The van der Waals surface area contributed by atoms with Crippen LogP contribution in [0.5, 0.6) is 11.5 Å². The summed E-state index contributed by atoms with van der Waals surface area (Å²) >= 11 is 0. The van der Waals surface area contributed by atoms with Gasteiger partial charge < -0.3 is 14.8 Å². The molecule has 2 aromatic carbocycles. The third-order valence-corrected chi connectivity index (χ3v) is 6.15. The zero-order chi connectivity index (χ0) is 23.0. The Morgan fingerprint density at radius 2 is 1.55 bits per heavy atom. The van der Waals surface area contributed by atoms with Crippen molar-refractivity contribution in [2.45, 2.75) is 45.7 Å². The first kappa shape index (κ1) is 24.5. The van der Waals surface area contributed by atoms with Gasteiger partial charge in [0.05, 0.1) is 31.7 Å². The first-order valence-electron chi connectivity index (χ1n) is 10.4. The number of carbonyl (C=O) groups excluding carboxylic acids is 1. The van der Waals surface area contributed by atoms with Crippen molar-refractivity contribution in [2.75, 3.05) is 24.3 Å². The van der Waals surface area contributed by atoms with Gasteiger partial charge in [0.15, 0.2) is 0 Å². The van der Waals surface area contributed by atoms with Crippen LogP contribution in [-0.4, -0.2) is 40.3 Å². The molecule has 7 nitrogen and oxygen atoms in total. The molecule has 170 valence electrons. The van der Waals surface area contributed by atoms with E-state index in [1.165, 1.54) is 4.31 Å². The Bertz CT molecular complexity index is 943. The average molecular weight is 449 g/mol. The molecule has 0 fully saturated rings. The highest BCUT2D eigenvalue weighted by Gasteiger charge is 2.32. The third kappa shape index (κ3) is 6.37. The van der Waals surface area contributed by atoms with Crippen molar-refractivity contribution < 1.29 is 22.7 Å². The molecule has 0 unspecified atom stereocenters. The second kappa shape index (κ2) is 11.0. The van der Waals surface area contributed by atoms with Crippen LogP contribution in [0.25, 0.3) is 0 Å². The fourth-order valence-electron chi connectivity index (χ4n) is 3.44. The quantitative estimate of drug-likeness (QED) is 0.563. The number of anilines is 1. The number of carbonyl (C=O) groups is 1. The van der Waals surface area contributed by atoms with E-state index in [-0.39, 0.29) is 11.9 Å². The number of sulfonamides is 1. The number of amides is 1. The lowest BCUT2D eigenvalue weighted by Gasteiger charge is -2.31. The Labute approximate surface area is 185 Å². The van der Waals surface area contributed by atoms with Crippen LogP contribution in [0.4, 0.5) is 5.69 Å². The van der Waals surface area contributed by atoms with Crippen LogP contribution in [0.15, 0.2) is 48.5 Å². The maximum Gasteiger partial charge on any atom is 0.244 e. The highest BCUT2D eigenvalue weighted by molar-refractivity contribution is 7.92. The molecular weight excluding hydrogens is 416 g/mol. The lowest BCUT2D eigenvalue weighted by Crippen LogP contribution is -2.50. The molecule has 31 heavy (non-hydrogen) atoms. The Balaban J connectivity index is 2.30. The maximum absolute atomic E-state index is 13.2. The fraction of sp³-hybridized carbons (Fsp3) is 0.435. The Morgan fingerprint density at radius 3 is 2.00 bits per heavy atom. The van der Waals surface area contributed by atoms with Crippen LogP contribution in [0.2, 0.25) is 0 Å². The van der Waals surface area contributed by atoms with Crippen molar-refractivity contribution in [3.8, 4) is 11.5 Å². The molecule has 1 N–H and O–H groups in total. The smallest absolute Gasteiger partial charge is 0.244 e. The predicted octanol–water partition coefficient (Wildman–Crippen LogP) is 3.91. The minimum Gasteiger partial charge on any atom is -0.497 e. The van der Waals surface area contributed by atoms with Crippen LogP contribution in [0, 0.1) is 0 Å². The first-order chi connectivity index (χ1) is 14.7. The van der Waals surface area contributed by atoms with Crippen molar-refractivity contribution in [3.63, 3.8) is 0 Å². The fourth-order valence-corrected chi connectivity index (χ4v) is 4.65. The van der Waals surface area contributed by atoms with Gasteiger partial charge in [-0.05, 0) is 61.7 Å². The standard InChI is InChI=1S/C23H32N2O5S/c1-6-21(17-9-13-19(29-4)14-10-17)24-23(26)22(7-2)25(31(5,27)28)18-11-15-20(16-12-18)30-8-3/h9-16,21-22H,6-8H2,1-5H3,(H,24,26)/t21-,22-/m1/s1. The molecule has 0 saturated carbocycles. The normalized spacial score (nSPS) is 13.2. The highest BCUT2D eigenvalue weighted by atomic mass is 32.2. The van der Waals surface area contributed by atoms with E-state index in [1.807, 2.05) is 38.1 Å². The lowest BCUT2D eigenvalue weighted by molar-refractivity contribution is -0.123. The number of hydrogen-bond acceptors (Lipinski definition) is 5. The summed E-state index contributed by atoms with van der Waals surface area (Å²) < 4.78 is 37.1. The minimum absolute atomic E-state index is 0.241. The van der Waals surface area contributed by atoms with Crippen molar-refractivity contribution in [3.05, 3.63) is 54.1 Å². The van der Waals surface area contributed by atoms with Crippen molar-refractivity contribution in [1.82, 2.24) is 5.32 Å². The molecule has 2 rings (SSSR count). The van der Waals surface area contributed by atoms with Gasteiger partial charge in [0.2, 0.25) is 15.9 Å². The molecule has 2 atom stereocenters. The number of nitrogens with one attached hydrogen (secondary N) is 1. The van der Waals surface area contributed by atoms with Crippen LogP contribution in [-0.2, 0) is 14.8 Å². The summed E-state index contributed by atoms with van der Waals surface area (Å²) in [6.07, 6.45) is 2.10. The van der Waals surface area contributed by atoms with Crippen LogP contribution >= 0.6 is 0 Å². The van der Waals surface area contributed by atoms with Crippen molar-refractivity contribution in [1.29, 1.82) is 0 Å². The number of benzene rings is 2. The summed E-state index contributed by atoms with van der Waals surface area (Å²) in [4.78, 5) is 13.2. The molecule has 0 heterocycles. The van der Waals surface area contributed by atoms with Crippen LogP contribution in [0.3, 0.4) is 0 Å². The number of methoxy groups -OCH3 is 1. The van der Waals surface area contributed by atoms with E-state index in [9.17, 15) is 13.2 Å². The Kier molecular flexibility index (Phi) is 8.74. The maximum atomic E-state index is 13.2. The van der Waals surface area contributed by atoms with Gasteiger partial charge in [0, 0.05) is 0 Å². The largest absolute Gasteiger partial charge is 0.497 e. The molecule has 0 aliphatic rings. The molecule has 0 aliphatic heterocycles. The molecule has 1 amide bonds.